The van der Waals surface area contributed by atoms with Gasteiger partial charge in [-0.1, -0.05) is 0 Å². The van der Waals surface area contributed by atoms with Crippen LogP contribution in [-0.2, 0) is 4.74 Å². The highest BCUT2D eigenvalue weighted by molar-refractivity contribution is 5.94. The molecule has 0 N–H and O–H groups in total. The SMILES string of the molecule is CCOC(=O)c1cn(C2CC2F)c2c(F)c(F)ccc2c1=O. The third-order valence-corrected chi connectivity index (χ3v) is 3.62. The topological polar surface area (TPSA) is 48.3 Å². The van der Waals surface area contributed by atoms with Crippen molar-refractivity contribution in [2.45, 2.75) is 25.6 Å². The van der Waals surface area contributed by atoms with Gasteiger partial charge in [0.1, 0.15) is 11.7 Å². The van der Waals surface area contributed by atoms with Crippen molar-refractivity contribution in [1.82, 2.24) is 4.57 Å². The fourth-order valence-electron chi connectivity index (χ4n) is 2.44. The maximum atomic E-state index is 14.1. The molecule has 0 spiro atoms. The molecule has 3 rings (SSSR count). The van der Waals surface area contributed by atoms with Crippen molar-refractivity contribution >= 4 is 16.9 Å². The van der Waals surface area contributed by atoms with E-state index in [9.17, 15) is 22.8 Å². The van der Waals surface area contributed by atoms with E-state index in [-0.39, 0.29) is 29.5 Å². The number of fused-ring (bicyclic) bond motifs is 1. The van der Waals surface area contributed by atoms with Crippen LogP contribution in [0.4, 0.5) is 13.2 Å². The molecule has 7 heteroatoms. The summed E-state index contributed by atoms with van der Waals surface area (Å²) < 4.78 is 46.8. The summed E-state index contributed by atoms with van der Waals surface area (Å²) >= 11 is 0. The number of hydrogen-bond donors (Lipinski definition) is 0. The predicted molar refractivity (Wildman–Crippen MR) is 72.6 cm³/mol. The lowest BCUT2D eigenvalue weighted by Crippen LogP contribution is -2.21. The van der Waals surface area contributed by atoms with Gasteiger partial charge in [0.25, 0.3) is 0 Å². The molecular weight excluding hydrogens is 299 g/mol. The molecule has 0 saturated heterocycles. The average molecular weight is 311 g/mol. The number of aromatic nitrogens is 1. The van der Waals surface area contributed by atoms with Crippen LogP contribution in [0.5, 0.6) is 0 Å². The van der Waals surface area contributed by atoms with Crippen LogP contribution in [-0.4, -0.2) is 23.3 Å². The molecule has 2 aromatic rings. The normalized spacial score (nSPS) is 20.2. The van der Waals surface area contributed by atoms with E-state index in [4.69, 9.17) is 4.74 Å². The minimum atomic E-state index is -1.23. The van der Waals surface area contributed by atoms with Gasteiger partial charge in [0, 0.05) is 18.0 Å². The van der Waals surface area contributed by atoms with E-state index in [1.807, 2.05) is 0 Å². The Labute approximate surface area is 123 Å². The minimum Gasteiger partial charge on any atom is -0.462 e. The lowest BCUT2D eigenvalue weighted by Gasteiger charge is -2.13. The largest absolute Gasteiger partial charge is 0.462 e. The first-order chi connectivity index (χ1) is 10.5. The molecule has 0 bridgehead atoms. The molecule has 1 aliphatic rings. The molecule has 1 heterocycles. The Morgan fingerprint density at radius 3 is 2.68 bits per heavy atom. The van der Waals surface area contributed by atoms with Gasteiger partial charge in [0.05, 0.1) is 18.2 Å². The van der Waals surface area contributed by atoms with Gasteiger partial charge in [-0.2, -0.15) is 0 Å². The Balaban J connectivity index is 2.33. The maximum Gasteiger partial charge on any atom is 0.343 e. The molecule has 1 aliphatic carbocycles. The number of esters is 1. The van der Waals surface area contributed by atoms with Crippen LogP contribution in [0.2, 0.25) is 0 Å². The Morgan fingerprint density at radius 1 is 1.41 bits per heavy atom. The molecule has 0 aliphatic heterocycles. The number of ether oxygens (including phenoxy) is 1. The van der Waals surface area contributed by atoms with E-state index in [0.29, 0.717) is 0 Å². The summed E-state index contributed by atoms with van der Waals surface area (Å²) in [6, 6.07) is 1.18. The van der Waals surface area contributed by atoms with Crippen LogP contribution >= 0.6 is 0 Å². The van der Waals surface area contributed by atoms with Gasteiger partial charge < -0.3 is 9.30 Å². The van der Waals surface area contributed by atoms with E-state index in [1.54, 1.807) is 6.92 Å². The first-order valence-corrected chi connectivity index (χ1v) is 6.79. The van der Waals surface area contributed by atoms with Crippen LogP contribution in [0.3, 0.4) is 0 Å². The zero-order valence-corrected chi connectivity index (χ0v) is 11.6. The standard InChI is InChI=1S/C15H12F3NO3/c1-2-22-15(21)8-6-19(11-5-10(11)17)13-7(14(8)20)3-4-9(16)12(13)18/h3-4,6,10-11H,2,5H2,1H3. The second-order valence-corrected chi connectivity index (χ2v) is 5.08. The Kier molecular flexibility index (Phi) is 3.42. The summed E-state index contributed by atoms with van der Waals surface area (Å²) in [6.45, 7) is 1.63. The molecule has 0 amide bonds. The van der Waals surface area contributed by atoms with Gasteiger partial charge in [-0.25, -0.2) is 18.0 Å². The number of alkyl halides is 1. The van der Waals surface area contributed by atoms with Crippen LogP contribution in [0.1, 0.15) is 29.7 Å². The molecule has 1 aromatic carbocycles. The zero-order valence-electron chi connectivity index (χ0n) is 11.6. The van der Waals surface area contributed by atoms with Gasteiger partial charge in [0.2, 0.25) is 5.43 Å². The van der Waals surface area contributed by atoms with Gasteiger partial charge in [-0.3, -0.25) is 4.79 Å². The molecule has 22 heavy (non-hydrogen) atoms. The highest BCUT2D eigenvalue weighted by atomic mass is 19.2. The summed E-state index contributed by atoms with van der Waals surface area (Å²) in [6.07, 6.45) is -0.0468. The van der Waals surface area contributed by atoms with Crippen molar-refractivity contribution in [3.63, 3.8) is 0 Å². The number of halogens is 3. The number of nitrogens with zero attached hydrogens (tertiary/aromatic N) is 1. The second kappa shape index (κ2) is 5.15. The first kappa shape index (κ1) is 14.6. The lowest BCUT2D eigenvalue weighted by molar-refractivity contribution is 0.0524. The van der Waals surface area contributed by atoms with E-state index < -0.39 is 35.2 Å². The van der Waals surface area contributed by atoms with Crippen LogP contribution < -0.4 is 5.43 Å². The molecule has 2 atom stereocenters. The van der Waals surface area contributed by atoms with E-state index >= 15 is 0 Å². The highest BCUT2D eigenvalue weighted by Gasteiger charge is 2.40. The van der Waals surface area contributed by atoms with Crippen molar-refractivity contribution in [1.29, 1.82) is 0 Å². The molecule has 1 saturated carbocycles. The molecular formula is C15H12F3NO3. The van der Waals surface area contributed by atoms with E-state index in [1.165, 1.54) is 0 Å². The summed E-state index contributed by atoms with van der Waals surface area (Å²) in [4.78, 5) is 24.1. The molecule has 1 aromatic heterocycles. The highest BCUT2D eigenvalue weighted by Crippen LogP contribution is 2.41. The number of pyridine rings is 1. The molecule has 0 radical (unpaired) electrons. The number of rotatable bonds is 3. The van der Waals surface area contributed by atoms with Gasteiger partial charge in [-0.15, -0.1) is 0 Å². The third kappa shape index (κ3) is 2.17. The Hall–Kier alpha value is -2.31. The van der Waals surface area contributed by atoms with Crippen molar-refractivity contribution in [2.75, 3.05) is 6.61 Å². The predicted octanol–water partition coefficient (Wildman–Crippen LogP) is 2.74. The van der Waals surface area contributed by atoms with Crippen molar-refractivity contribution in [3.8, 4) is 0 Å². The molecule has 2 unspecified atom stereocenters. The summed E-state index contributed by atoms with van der Waals surface area (Å²) in [5, 5.41) is -0.177. The van der Waals surface area contributed by atoms with Crippen molar-refractivity contribution < 1.29 is 22.7 Å². The summed E-state index contributed by atoms with van der Waals surface area (Å²) in [7, 11) is 0. The molecule has 4 nitrogen and oxygen atoms in total. The quantitative estimate of drug-likeness (QED) is 0.819. The van der Waals surface area contributed by atoms with Crippen molar-refractivity contribution in [2.24, 2.45) is 0 Å². The molecule has 1 fully saturated rings. The summed E-state index contributed by atoms with van der Waals surface area (Å²) in [5.74, 6) is -3.24. The number of carbonyl (C=O) groups excluding carboxylic acids is 1. The van der Waals surface area contributed by atoms with Gasteiger partial charge in [-0.05, 0) is 19.1 Å². The van der Waals surface area contributed by atoms with Crippen LogP contribution in [0.25, 0.3) is 10.9 Å². The minimum absolute atomic E-state index is 0.0588. The zero-order chi connectivity index (χ0) is 16.0. The average Bonchev–Trinajstić information content (AvgIpc) is 3.20. The van der Waals surface area contributed by atoms with Gasteiger partial charge >= 0.3 is 5.97 Å². The lowest BCUT2D eigenvalue weighted by atomic mass is 10.1. The van der Waals surface area contributed by atoms with Crippen LogP contribution in [0.15, 0.2) is 23.1 Å². The third-order valence-electron chi connectivity index (χ3n) is 3.62. The fourth-order valence-corrected chi connectivity index (χ4v) is 2.44. The number of hydrogen-bond acceptors (Lipinski definition) is 3. The molecule has 116 valence electrons. The smallest absolute Gasteiger partial charge is 0.343 e. The Morgan fingerprint density at radius 2 is 2.09 bits per heavy atom. The second-order valence-electron chi connectivity index (χ2n) is 5.08. The van der Waals surface area contributed by atoms with E-state index in [0.717, 1.165) is 22.9 Å². The number of benzene rings is 1. The van der Waals surface area contributed by atoms with Gasteiger partial charge in [0.15, 0.2) is 11.6 Å². The Bertz CT molecular complexity index is 831. The maximum absolute atomic E-state index is 14.1. The first-order valence-electron chi connectivity index (χ1n) is 6.79. The van der Waals surface area contributed by atoms with Crippen LogP contribution in [0, 0.1) is 11.6 Å². The number of carbonyl (C=O) groups is 1. The van der Waals surface area contributed by atoms with Crippen molar-refractivity contribution in [3.05, 3.63) is 45.8 Å². The monoisotopic (exact) mass is 311 g/mol. The van der Waals surface area contributed by atoms with E-state index in [2.05, 4.69) is 0 Å². The fraction of sp³-hybridized carbons (Fsp3) is 0.333. The summed E-state index contributed by atoms with van der Waals surface area (Å²) in [5.41, 5.74) is -1.41.